The highest BCUT2D eigenvalue weighted by Gasteiger charge is 2.23. The second-order valence-corrected chi connectivity index (χ2v) is 5.80. The van der Waals surface area contributed by atoms with E-state index in [-0.39, 0.29) is 0 Å². The van der Waals surface area contributed by atoms with E-state index in [1.807, 2.05) is 6.20 Å². The van der Waals surface area contributed by atoms with Crippen LogP contribution in [-0.2, 0) is 0 Å². The van der Waals surface area contributed by atoms with Crippen molar-refractivity contribution in [2.24, 2.45) is 0 Å². The van der Waals surface area contributed by atoms with Crippen LogP contribution in [-0.4, -0.2) is 48.1 Å². The molecule has 0 aliphatic carbocycles. The van der Waals surface area contributed by atoms with Crippen molar-refractivity contribution in [1.29, 1.82) is 0 Å². The molecule has 1 aliphatic heterocycles. The monoisotopic (exact) mass is 276 g/mol. The predicted octanol–water partition coefficient (Wildman–Crippen LogP) is 2.82. The highest BCUT2D eigenvalue weighted by atomic mass is 15.2. The van der Waals surface area contributed by atoms with Gasteiger partial charge in [0.1, 0.15) is 5.82 Å². The van der Waals surface area contributed by atoms with Gasteiger partial charge in [0.2, 0.25) is 0 Å². The fourth-order valence-electron chi connectivity index (χ4n) is 2.82. The summed E-state index contributed by atoms with van der Waals surface area (Å²) in [6, 6.07) is 5.46. The van der Waals surface area contributed by atoms with Crippen molar-refractivity contribution in [3.63, 3.8) is 0 Å². The number of hydrogen-bond acceptors (Lipinski definition) is 4. The molecule has 1 N–H and O–H groups in total. The molecule has 4 heteroatoms. The van der Waals surface area contributed by atoms with Gasteiger partial charge in [-0.3, -0.25) is 4.90 Å². The summed E-state index contributed by atoms with van der Waals surface area (Å²) in [7, 11) is 0. The van der Waals surface area contributed by atoms with E-state index < -0.39 is 0 Å². The van der Waals surface area contributed by atoms with Crippen LogP contribution in [0.2, 0.25) is 0 Å². The maximum absolute atomic E-state index is 4.57. The minimum Gasteiger partial charge on any atom is -0.380 e. The molecule has 1 atom stereocenters. The average molecular weight is 276 g/mol. The Kier molecular flexibility index (Phi) is 5.24. The summed E-state index contributed by atoms with van der Waals surface area (Å²) in [6.45, 7) is 13.2. The summed E-state index contributed by atoms with van der Waals surface area (Å²) in [5.74, 6) is 1.07. The van der Waals surface area contributed by atoms with Crippen molar-refractivity contribution in [1.82, 2.24) is 9.88 Å². The molecular weight excluding hydrogens is 248 g/mol. The first-order valence-electron chi connectivity index (χ1n) is 7.85. The van der Waals surface area contributed by atoms with Crippen molar-refractivity contribution in [3.05, 3.63) is 18.3 Å². The molecule has 1 aromatic rings. The fourth-order valence-corrected chi connectivity index (χ4v) is 2.82. The molecule has 1 aromatic heterocycles. The van der Waals surface area contributed by atoms with Gasteiger partial charge in [-0.25, -0.2) is 4.98 Å². The van der Waals surface area contributed by atoms with Gasteiger partial charge < -0.3 is 10.2 Å². The Balaban J connectivity index is 1.91. The molecule has 2 heterocycles. The van der Waals surface area contributed by atoms with Crippen LogP contribution in [0.1, 0.15) is 34.1 Å². The number of anilines is 2. The predicted molar refractivity (Wildman–Crippen MR) is 86.5 cm³/mol. The second kappa shape index (κ2) is 6.93. The Morgan fingerprint density at radius 2 is 2.10 bits per heavy atom. The van der Waals surface area contributed by atoms with Crippen molar-refractivity contribution in [2.75, 3.05) is 36.4 Å². The lowest BCUT2D eigenvalue weighted by Gasteiger charge is -2.22. The topological polar surface area (TPSA) is 31.4 Å². The molecule has 1 fully saturated rings. The van der Waals surface area contributed by atoms with Crippen LogP contribution in [0.25, 0.3) is 0 Å². The van der Waals surface area contributed by atoms with Gasteiger partial charge in [0.05, 0.1) is 11.9 Å². The number of nitrogens with one attached hydrogen (secondary N) is 1. The first-order chi connectivity index (χ1) is 9.63. The van der Waals surface area contributed by atoms with E-state index in [4.69, 9.17) is 0 Å². The summed E-state index contributed by atoms with van der Waals surface area (Å²) in [5, 5.41) is 3.61. The lowest BCUT2D eigenvalue weighted by atomic mass is 10.2. The lowest BCUT2D eigenvalue weighted by molar-refractivity contribution is 0.274. The molecule has 0 spiro atoms. The minimum atomic E-state index is 0.554. The molecule has 112 valence electrons. The van der Waals surface area contributed by atoms with Crippen molar-refractivity contribution < 1.29 is 0 Å². The molecule has 20 heavy (non-hydrogen) atoms. The Hall–Kier alpha value is -1.29. The Morgan fingerprint density at radius 3 is 2.60 bits per heavy atom. The van der Waals surface area contributed by atoms with Crippen LogP contribution < -0.4 is 10.2 Å². The van der Waals surface area contributed by atoms with E-state index in [9.17, 15) is 0 Å². The molecule has 0 radical (unpaired) electrons. The average Bonchev–Trinajstić information content (AvgIpc) is 2.91. The Bertz CT molecular complexity index is 397. The molecule has 0 bridgehead atoms. The first kappa shape index (κ1) is 15.1. The van der Waals surface area contributed by atoms with Gasteiger partial charge in [0.25, 0.3) is 0 Å². The number of pyridine rings is 1. The van der Waals surface area contributed by atoms with Crippen LogP contribution in [0.15, 0.2) is 18.3 Å². The third-order valence-electron chi connectivity index (χ3n) is 4.16. The molecule has 1 unspecified atom stereocenters. The number of likely N-dealkylation sites (tertiary alicyclic amines) is 1. The smallest absolute Gasteiger partial charge is 0.128 e. The van der Waals surface area contributed by atoms with Crippen molar-refractivity contribution in [3.8, 4) is 0 Å². The molecular formula is C16H28N4. The molecule has 0 aromatic carbocycles. The number of aromatic nitrogens is 1. The summed E-state index contributed by atoms with van der Waals surface area (Å²) in [5.41, 5.74) is 1.14. The van der Waals surface area contributed by atoms with Crippen LogP contribution in [0.3, 0.4) is 0 Å². The van der Waals surface area contributed by atoms with Gasteiger partial charge in [-0.15, -0.1) is 0 Å². The van der Waals surface area contributed by atoms with Gasteiger partial charge in [0.15, 0.2) is 0 Å². The Morgan fingerprint density at radius 1 is 1.35 bits per heavy atom. The lowest BCUT2D eigenvalue weighted by Crippen LogP contribution is -2.31. The molecule has 0 saturated carbocycles. The van der Waals surface area contributed by atoms with E-state index in [0.717, 1.165) is 31.1 Å². The van der Waals surface area contributed by atoms with E-state index >= 15 is 0 Å². The maximum atomic E-state index is 4.57. The number of rotatable bonds is 6. The summed E-state index contributed by atoms with van der Waals surface area (Å²) in [4.78, 5) is 9.35. The number of hydrogen-bond donors (Lipinski definition) is 1. The van der Waals surface area contributed by atoms with Crippen LogP contribution in [0.5, 0.6) is 0 Å². The van der Waals surface area contributed by atoms with E-state index in [2.05, 4.69) is 59.9 Å². The fraction of sp³-hybridized carbons (Fsp3) is 0.688. The molecule has 0 amide bonds. The van der Waals surface area contributed by atoms with E-state index in [1.54, 1.807) is 0 Å². The van der Waals surface area contributed by atoms with Crippen LogP contribution in [0, 0.1) is 0 Å². The molecule has 1 saturated heterocycles. The highest BCUT2D eigenvalue weighted by molar-refractivity contribution is 5.49. The largest absolute Gasteiger partial charge is 0.380 e. The van der Waals surface area contributed by atoms with E-state index in [1.165, 1.54) is 13.0 Å². The zero-order valence-corrected chi connectivity index (χ0v) is 13.3. The normalized spacial score (nSPS) is 19.6. The second-order valence-electron chi connectivity index (χ2n) is 5.80. The van der Waals surface area contributed by atoms with Crippen molar-refractivity contribution >= 4 is 11.5 Å². The third-order valence-corrected chi connectivity index (χ3v) is 4.16. The number of nitrogens with zero attached hydrogens (tertiary/aromatic N) is 3. The first-order valence-corrected chi connectivity index (χ1v) is 7.85. The molecule has 2 rings (SSSR count). The van der Waals surface area contributed by atoms with Gasteiger partial charge >= 0.3 is 0 Å². The maximum Gasteiger partial charge on any atom is 0.128 e. The molecule has 4 nitrogen and oxygen atoms in total. The van der Waals surface area contributed by atoms with Crippen LogP contribution in [0.4, 0.5) is 11.5 Å². The van der Waals surface area contributed by atoms with Gasteiger partial charge in [-0.2, -0.15) is 0 Å². The van der Waals surface area contributed by atoms with Crippen molar-refractivity contribution in [2.45, 2.75) is 46.2 Å². The summed E-state index contributed by atoms with van der Waals surface area (Å²) < 4.78 is 0. The summed E-state index contributed by atoms with van der Waals surface area (Å²) in [6.07, 6.45) is 3.18. The highest BCUT2D eigenvalue weighted by Crippen LogP contribution is 2.19. The summed E-state index contributed by atoms with van der Waals surface area (Å²) >= 11 is 0. The standard InChI is InChI=1S/C16H28N4/c1-5-19(6-2)16-8-7-14(11-17-16)18-15-9-10-20(12-15)13(3)4/h7-8,11,13,15,18H,5-6,9-10,12H2,1-4H3. The van der Waals surface area contributed by atoms with E-state index in [0.29, 0.717) is 12.1 Å². The quantitative estimate of drug-likeness (QED) is 0.866. The Labute approximate surface area is 123 Å². The van der Waals surface area contributed by atoms with Gasteiger partial charge in [-0.05, 0) is 46.2 Å². The zero-order valence-electron chi connectivity index (χ0n) is 13.3. The molecule has 1 aliphatic rings. The minimum absolute atomic E-state index is 0.554. The third kappa shape index (κ3) is 3.63. The zero-order chi connectivity index (χ0) is 14.5. The van der Waals surface area contributed by atoms with Crippen LogP contribution >= 0.6 is 0 Å². The van der Waals surface area contributed by atoms with Gasteiger partial charge in [-0.1, -0.05) is 0 Å². The SMILES string of the molecule is CCN(CC)c1ccc(NC2CCN(C(C)C)C2)cn1. The van der Waals surface area contributed by atoms with Gasteiger partial charge in [0, 0.05) is 38.3 Å².